The van der Waals surface area contributed by atoms with Crippen LogP contribution in [0.5, 0.6) is 0 Å². The Balaban J connectivity index is 1.74. The largest absolute Gasteiger partial charge is 0.397 e. The van der Waals surface area contributed by atoms with E-state index in [1.807, 2.05) is 42.5 Å². The second-order valence-corrected chi connectivity index (χ2v) is 4.74. The minimum atomic E-state index is -0.209. The Morgan fingerprint density at radius 1 is 0.952 bits per heavy atom. The van der Waals surface area contributed by atoms with Crippen molar-refractivity contribution in [2.45, 2.75) is 0 Å². The molecule has 1 heterocycles. The van der Waals surface area contributed by atoms with Crippen LogP contribution < -0.4 is 11.1 Å². The molecule has 0 saturated heterocycles. The van der Waals surface area contributed by atoms with E-state index >= 15 is 0 Å². The maximum Gasteiger partial charge on any atom is 0.272 e. The number of aromatic amines is 1. The molecule has 104 valence electrons. The van der Waals surface area contributed by atoms with Crippen LogP contribution in [-0.4, -0.2) is 10.9 Å². The molecule has 0 aliphatic rings. The van der Waals surface area contributed by atoms with Crippen LogP contribution in [-0.2, 0) is 0 Å². The summed E-state index contributed by atoms with van der Waals surface area (Å²) in [5, 5.41) is 2.82. The Labute approximate surface area is 122 Å². The van der Waals surface area contributed by atoms with Gasteiger partial charge in [0.25, 0.3) is 5.91 Å². The van der Waals surface area contributed by atoms with Gasteiger partial charge in [0.2, 0.25) is 0 Å². The minimum absolute atomic E-state index is 0.209. The standard InChI is InChI=1S/C17H15N3O/c18-14-10-16(19-11-14)17(21)20-15-8-6-13(7-9-15)12-4-2-1-3-5-12/h1-11,19H,18H2,(H,20,21). The number of rotatable bonds is 3. The maximum atomic E-state index is 12.0. The first-order valence-electron chi connectivity index (χ1n) is 6.63. The Bertz CT molecular complexity index is 745. The number of hydrogen-bond acceptors (Lipinski definition) is 2. The molecule has 3 rings (SSSR count). The summed E-state index contributed by atoms with van der Waals surface area (Å²) >= 11 is 0. The van der Waals surface area contributed by atoms with Crippen molar-refractivity contribution in [3.05, 3.63) is 72.6 Å². The van der Waals surface area contributed by atoms with Crippen LogP contribution in [0.1, 0.15) is 10.5 Å². The maximum absolute atomic E-state index is 12.0. The normalized spacial score (nSPS) is 10.3. The van der Waals surface area contributed by atoms with Crippen molar-refractivity contribution in [2.75, 3.05) is 11.1 Å². The van der Waals surface area contributed by atoms with Crippen molar-refractivity contribution in [1.82, 2.24) is 4.98 Å². The molecule has 1 amide bonds. The molecular weight excluding hydrogens is 262 g/mol. The molecule has 0 atom stereocenters. The van der Waals surface area contributed by atoms with Crippen LogP contribution in [0.2, 0.25) is 0 Å². The highest BCUT2D eigenvalue weighted by Gasteiger charge is 2.08. The van der Waals surface area contributed by atoms with Gasteiger partial charge in [-0.15, -0.1) is 0 Å². The van der Waals surface area contributed by atoms with Gasteiger partial charge in [0, 0.05) is 17.6 Å². The molecule has 0 unspecified atom stereocenters. The van der Waals surface area contributed by atoms with Crippen LogP contribution >= 0.6 is 0 Å². The SMILES string of the molecule is Nc1c[nH]c(C(=O)Nc2ccc(-c3ccccc3)cc2)c1. The molecule has 1 aromatic heterocycles. The van der Waals surface area contributed by atoms with Gasteiger partial charge in [-0.05, 0) is 29.3 Å². The molecule has 0 fully saturated rings. The molecule has 0 aliphatic heterocycles. The average molecular weight is 277 g/mol. The van der Waals surface area contributed by atoms with Crippen molar-refractivity contribution in [1.29, 1.82) is 0 Å². The Morgan fingerprint density at radius 2 is 1.62 bits per heavy atom. The molecule has 0 radical (unpaired) electrons. The fraction of sp³-hybridized carbons (Fsp3) is 0. The number of aromatic nitrogens is 1. The van der Waals surface area contributed by atoms with E-state index < -0.39 is 0 Å². The number of nitrogens with one attached hydrogen (secondary N) is 2. The third kappa shape index (κ3) is 2.95. The number of carbonyl (C=O) groups excluding carboxylic acids is 1. The van der Waals surface area contributed by atoms with E-state index in [0.717, 1.165) is 16.8 Å². The molecule has 21 heavy (non-hydrogen) atoms. The van der Waals surface area contributed by atoms with Gasteiger partial charge in [-0.1, -0.05) is 42.5 Å². The lowest BCUT2D eigenvalue weighted by molar-refractivity contribution is 0.102. The van der Waals surface area contributed by atoms with Gasteiger partial charge in [-0.25, -0.2) is 0 Å². The fourth-order valence-corrected chi connectivity index (χ4v) is 2.12. The van der Waals surface area contributed by atoms with E-state index in [0.29, 0.717) is 11.4 Å². The lowest BCUT2D eigenvalue weighted by atomic mass is 10.1. The summed E-state index contributed by atoms with van der Waals surface area (Å²) < 4.78 is 0. The summed E-state index contributed by atoms with van der Waals surface area (Å²) in [4.78, 5) is 14.8. The van der Waals surface area contributed by atoms with E-state index in [9.17, 15) is 4.79 Å². The molecule has 0 bridgehead atoms. The van der Waals surface area contributed by atoms with Crippen LogP contribution in [0, 0.1) is 0 Å². The minimum Gasteiger partial charge on any atom is -0.397 e. The smallest absolute Gasteiger partial charge is 0.272 e. The first-order chi connectivity index (χ1) is 10.2. The lowest BCUT2D eigenvalue weighted by Gasteiger charge is -2.06. The van der Waals surface area contributed by atoms with Gasteiger partial charge in [0.05, 0.1) is 0 Å². The summed E-state index contributed by atoms with van der Waals surface area (Å²) in [5.74, 6) is -0.209. The van der Waals surface area contributed by atoms with Crippen molar-refractivity contribution in [3.63, 3.8) is 0 Å². The number of benzene rings is 2. The van der Waals surface area contributed by atoms with Crippen LogP contribution in [0.15, 0.2) is 66.9 Å². The molecule has 0 spiro atoms. The van der Waals surface area contributed by atoms with Gasteiger partial charge in [-0.3, -0.25) is 4.79 Å². The molecule has 0 saturated carbocycles. The zero-order valence-corrected chi connectivity index (χ0v) is 11.3. The van der Waals surface area contributed by atoms with Gasteiger partial charge in [0.15, 0.2) is 0 Å². The molecule has 4 N–H and O–H groups in total. The summed E-state index contributed by atoms with van der Waals surface area (Å²) in [7, 11) is 0. The first kappa shape index (κ1) is 13.0. The molecule has 4 nitrogen and oxygen atoms in total. The van der Waals surface area contributed by atoms with E-state index in [-0.39, 0.29) is 5.91 Å². The van der Waals surface area contributed by atoms with E-state index in [2.05, 4.69) is 22.4 Å². The predicted octanol–water partition coefficient (Wildman–Crippen LogP) is 3.52. The van der Waals surface area contributed by atoms with Gasteiger partial charge >= 0.3 is 0 Å². The van der Waals surface area contributed by atoms with Gasteiger partial charge < -0.3 is 16.0 Å². The van der Waals surface area contributed by atoms with Gasteiger partial charge in [-0.2, -0.15) is 0 Å². The van der Waals surface area contributed by atoms with Crippen molar-refractivity contribution >= 4 is 17.3 Å². The molecule has 4 heteroatoms. The number of nitrogen functional groups attached to an aromatic ring is 1. The van der Waals surface area contributed by atoms with Crippen molar-refractivity contribution in [3.8, 4) is 11.1 Å². The Hall–Kier alpha value is -3.01. The highest BCUT2D eigenvalue weighted by molar-refractivity contribution is 6.03. The number of amides is 1. The second-order valence-electron chi connectivity index (χ2n) is 4.74. The van der Waals surface area contributed by atoms with Crippen molar-refractivity contribution < 1.29 is 4.79 Å². The highest BCUT2D eigenvalue weighted by atomic mass is 16.1. The number of anilines is 2. The number of carbonyl (C=O) groups is 1. The number of hydrogen-bond donors (Lipinski definition) is 3. The average Bonchev–Trinajstić information content (AvgIpc) is 2.96. The molecule has 0 aliphatic carbocycles. The summed E-state index contributed by atoms with van der Waals surface area (Å²) in [6.45, 7) is 0. The summed E-state index contributed by atoms with van der Waals surface area (Å²) in [5.41, 5.74) is 9.57. The zero-order chi connectivity index (χ0) is 14.7. The van der Waals surface area contributed by atoms with Crippen LogP contribution in [0.25, 0.3) is 11.1 Å². The Morgan fingerprint density at radius 3 is 2.24 bits per heavy atom. The van der Waals surface area contributed by atoms with Crippen LogP contribution in [0.4, 0.5) is 11.4 Å². The van der Waals surface area contributed by atoms with E-state index in [4.69, 9.17) is 5.73 Å². The van der Waals surface area contributed by atoms with E-state index in [1.54, 1.807) is 12.3 Å². The third-order valence-corrected chi connectivity index (χ3v) is 3.20. The number of H-pyrrole nitrogens is 1. The lowest BCUT2D eigenvalue weighted by Crippen LogP contribution is -2.12. The fourth-order valence-electron chi connectivity index (χ4n) is 2.12. The predicted molar refractivity (Wildman–Crippen MR) is 85.0 cm³/mol. The number of nitrogens with two attached hydrogens (primary N) is 1. The highest BCUT2D eigenvalue weighted by Crippen LogP contribution is 2.21. The van der Waals surface area contributed by atoms with E-state index in [1.165, 1.54) is 0 Å². The monoisotopic (exact) mass is 277 g/mol. The topological polar surface area (TPSA) is 70.9 Å². The third-order valence-electron chi connectivity index (χ3n) is 3.20. The first-order valence-corrected chi connectivity index (χ1v) is 6.63. The van der Waals surface area contributed by atoms with Crippen LogP contribution in [0.3, 0.4) is 0 Å². The molecular formula is C17H15N3O. The summed E-state index contributed by atoms with van der Waals surface area (Å²) in [6, 6.07) is 19.4. The second kappa shape index (κ2) is 5.54. The molecule has 2 aromatic carbocycles. The Kier molecular flexibility index (Phi) is 3.43. The molecule has 3 aromatic rings. The van der Waals surface area contributed by atoms with Gasteiger partial charge in [0.1, 0.15) is 5.69 Å². The quantitative estimate of drug-likeness (QED) is 0.685. The summed E-state index contributed by atoms with van der Waals surface area (Å²) in [6.07, 6.45) is 1.59. The van der Waals surface area contributed by atoms with Crippen molar-refractivity contribution in [2.24, 2.45) is 0 Å². The zero-order valence-electron chi connectivity index (χ0n) is 11.3.